The van der Waals surface area contributed by atoms with Crippen molar-refractivity contribution < 1.29 is 71.4 Å². The van der Waals surface area contributed by atoms with Crippen molar-refractivity contribution in [2.75, 3.05) is 145 Å². The summed E-state index contributed by atoms with van der Waals surface area (Å²) in [7, 11) is 0. The van der Waals surface area contributed by atoms with E-state index in [0.717, 1.165) is 77.0 Å². The topological polar surface area (TPSA) is 261 Å². The van der Waals surface area contributed by atoms with Crippen LogP contribution in [0.5, 0.6) is 0 Å². The van der Waals surface area contributed by atoms with E-state index in [1.165, 1.54) is 0 Å². The lowest BCUT2D eigenvalue weighted by Gasteiger charge is -2.22. The summed E-state index contributed by atoms with van der Waals surface area (Å²) in [5.41, 5.74) is 0. The SMILES string of the molecule is O=C(COCCCOCCNC(=O)OC[C@@H]1[C@@H]2CCC#CCC[C@@H]21)NCCN(CCNC(=O)OCCOCCNC(=O)OCC1[C@H]2CCC#CCC[C@@H]12)CCNC(=O)OCCOCCNC(=O)OC[C@@H]1[C@@H]2CCC#CCC[C@@H]21. The van der Waals surface area contributed by atoms with Gasteiger partial charge in [0.2, 0.25) is 5.91 Å². The van der Waals surface area contributed by atoms with Gasteiger partial charge in [0.05, 0.1) is 52.9 Å². The van der Waals surface area contributed by atoms with E-state index in [1.807, 2.05) is 4.90 Å². The Bertz CT molecular complexity index is 1920. The lowest BCUT2D eigenvalue weighted by molar-refractivity contribution is -0.125. The van der Waals surface area contributed by atoms with Crippen molar-refractivity contribution in [3.8, 4) is 35.5 Å². The summed E-state index contributed by atoms with van der Waals surface area (Å²) >= 11 is 0. The summed E-state index contributed by atoms with van der Waals surface area (Å²) in [6.07, 6.45) is 9.81. The Morgan fingerprint density at radius 2 is 0.654 bits per heavy atom. The van der Waals surface area contributed by atoms with Crippen LogP contribution < -0.4 is 31.9 Å². The number of fused-ring (bicyclic) bond motifs is 3. The minimum Gasteiger partial charge on any atom is -0.449 e. The molecular weight excluding hydrogens is 1010 g/mol. The number of nitrogens with one attached hydrogen (secondary N) is 6. The molecule has 6 rings (SSSR count). The molecule has 0 radical (unpaired) electrons. The Hall–Kier alpha value is -5.70. The van der Waals surface area contributed by atoms with E-state index in [-0.39, 0.29) is 84.9 Å². The molecule has 3 fully saturated rings. The lowest BCUT2D eigenvalue weighted by Crippen LogP contribution is -2.43. The van der Waals surface area contributed by atoms with Crippen LogP contribution in [0.4, 0.5) is 24.0 Å². The Morgan fingerprint density at radius 3 is 1.03 bits per heavy atom. The monoisotopic (exact) mass is 1100 g/mol. The van der Waals surface area contributed by atoms with Gasteiger partial charge in [0.1, 0.15) is 19.8 Å². The lowest BCUT2D eigenvalue weighted by atomic mass is 10.1. The normalized spacial score (nSPS) is 23.9. The molecule has 0 aromatic heterocycles. The molecule has 6 amide bonds. The second kappa shape index (κ2) is 36.5. The number of hydrogen-bond donors (Lipinski definition) is 6. The van der Waals surface area contributed by atoms with Crippen LogP contribution in [-0.2, 0) is 47.4 Å². The predicted molar refractivity (Wildman–Crippen MR) is 284 cm³/mol. The number of amides is 6. The van der Waals surface area contributed by atoms with Crippen LogP contribution in [0.15, 0.2) is 0 Å². The van der Waals surface area contributed by atoms with Gasteiger partial charge in [0, 0.05) is 111 Å². The average Bonchev–Trinajstić information content (AvgIpc) is 4.38. The van der Waals surface area contributed by atoms with Gasteiger partial charge in [0.15, 0.2) is 0 Å². The van der Waals surface area contributed by atoms with Crippen LogP contribution >= 0.6 is 0 Å². The molecule has 0 saturated heterocycles. The summed E-state index contributed by atoms with van der Waals surface area (Å²) < 4.78 is 48.8. The van der Waals surface area contributed by atoms with Crippen molar-refractivity contribution in [3.63, 3.8) is 0 Å². The number of alkyl carbamates (subject to hydrolysis) is 5. The molecule has 0 heterocycles. The van der Waals surface area contributed by atoms with Gasteiger partial charge in [-0.05, 0) is 98.2 Å². The van der Waals surface area contributed by atoms with E-state index >= 15 is 0 Å². The first-order valence-electron chi connectivity index (χ1n) is 28.5. The molecule has 6 aliphatic carbocycles. The number of hydrogen-bond acceptors (Lipinski definition) is 16. The fourth-order valence-corrected chi connectivity index (χ4v) is 10.8. The first-order chi connectivity index (χ1) is 38.3. The first kappa shape index (κ1) is 61.5. The zero-order valence-electron chi connectivity index (χ0n) is 45.5. The molecule has 0 aromatic carbocycles. The molecule has 0 aromatic rings. The second-order valence-electron chi connectivity index (χ2n) is 20.4. The van der Waals surface area contributed by atoms with Gasteiger partial charge in [-0.15, -0.1) is 35.5 Å². The molecule has 0 aliphatic heterocycles. The molecule has 6 N–H and O–H groups in total. The molecule has 78 heavy (non-hydrogen) atoms. The standard InChI is InChI=1S/C56H85N7O15/c64-51(41-73-30-13-29-70-31-23-60-54(67)76-38-48-42-14-7-1-2-8-15-43(42)48)57-20-26-63(27-21-58-52(65)74-36-34-71-32-24-61-55(68)77-39-49-44-16-9-3-4-10-17-45(44)49)28-22-59-53(66)75-37-35-72-33-25-62-56(69)78-40-50-46-18-11-5-6-12-19-47(46)50/h42-50H,7-41H2,(H,57,64)(H,58,65)(H,59,66)(H,60,67)(H,61,68)(H,62,69)/t42-,43+,44-,45+,46-,47+,48-,49-,50?. The molecule has 434 valence electrons. The number of ether oxygens (including phenoxy) is 9. The molecule has 22 heteroatoms. The Balaban J connectivity index is 0.758. The maximum absolute atomic E-state index is 12.6. The van der Waals surface area contributed by atoms with Gasteiger partial charge in [-0.1, -0.05) is 0 Å². The number of nitrogens with zero attached hydrogens (tertiary/aromatic N) is 1. The number of carbonyl (C=O) groups excluding carboxylic acids is 6. The zero-order valence-corrected chi connectivity index (χ0v) is 45.5. The highest BCUT2D eigenvalue weighted by Gasteiger charge is 2.51. The minimum absolute atomic E-state index is 0.00360. The summed E-state index contributed by atoms with van der Waals surface area (Å²) in [4.78, 5) is 75.8. The van der Waals surface area contributed by atoms with E-state index in [1.54, 1.807) is 0 Å². The van der Waals surface area contributed by atoms with Gasteiger partial charge >= 0.3 is 30.5 Å². The fraction of sp³-hybridized carbons (Fsp3) is 0.786. The average molecular weight is 1100 g/mol. The summed E-state index contributed by atoms with van der Waals surface area (Å²) in [6.45, 7) is 5.56. The van der Waals surface area contributed by atoms with Gasteiger partial charge in [-0.2, -0.15) is 0 Å². The quantitative estimate of drug-likeness (QED) is 0.0296. The van der Waals surface area contributed by atoms with Gasteiger partial charge < -0.3 is 74.5 Å². The van der Waals surface area contributed by atoms with E-state index in [0.29, 0.717) is 126 Å². The highest BCUT2D eigenvalue weighted by molar-refractivity contribution is 5.77. The van der Waals surface area contributed by atoms with E-state index in [9.17, 15) is 28.8 Å². The van der Waals surface area contributed by atoms with Crippen LogP contribution in [0.1, 0.15) is 83.5 Å². The van der Waals surface area contributed by atoms with Crippen LogP contribution in [0.2, 0.25) is 0 Å². The van der Waals surface area contributed by atoms with Crippen molar-refractivity contribution in [3.05, 3.63) is 0 Å². The van der Waals surface area contributed by atoms with Gasteiger partial charge in [-0.3, -0.25) is 9.69 Å². The van der Waals surface area contributed by atoms with Crippen molar-refractivity contribution >= 4 is 36.4 Å². The third-order valence-electron chi connectivity index (χ3n) is 15.2. The smallest absolute Gasteiger partial charge is 0.407 e. The number of rotatable bonds is 36. The minimum atomic E-state index is -0.637. The summed E-state index contributed by atoms with van der Waals surface area (Å²) in [6, 6.07) is 0. The third-order valence-corrected chi connectivity index (χ3v) is 15.2. The van der Waals surface area contributed by atoms with Crippen molar-refractivity contribution in [1.82, 2.24) is 36.8 Å². The van der Waals surface area contributed by atoms with Crippen LogP contribution in [-0.4, -0.2) is 186 Å². The molecular formula is C56H85N7O15. The predicted octanol–water partition coefficient (Wildman–Crippen LogP) is 3.81. The second-order valence-corrected chi connectivity index (χ2v) is 20.4. The molecule has 22 nitrogen and oxygen atoms in total. The molecule has 3 saturated carbocycles. The molecule has 6 aliphatic rings. The van der Waals surface area contributed by atoms with Gasteiger partial charge in [0.25, 0.3) is 0 Å². The van der Waals surface area contributed by atoms with E-state index in [2.05, 4.69) is 67.4 Å². The number of carbonyl (C=O) groups is 6. The highest BCUT2D eigenvalue weighted by atomic mass is 16.6. The van der Waals surface area contributed by atoms with Crippen LogP contribution in [0, 0.1) is 88.8 Å². The molecule has 9 atom stereocenters. The highest BCUT2D eigenvalue weighted by Crippen LogP contribution is 2.54. The van der Waals surface area contributed by atoms with Crippen LogP contribution in [0.3, 0.4) is 0 Å². The summed E-state index contributed by atoms with van der Waals surface area (Å²) in [5, 5.41) is 16.3. The molecule has 1 unspecified atom stereocenters. The summed E-state index contributed by atoms with van der Waals surface area (Å²) in [5.74, 6) is 23.7. The maximum Gasteiger partial charge on any atom is 0.407 e. The van der Waals surface area contributed by atoms with Crippen molar-refractivity contribution in [2.24, 2.45) is 53.3 Å². The Kier molecular flexibility index (Phi) is 28.8. The van der Waals surface area contributed by atoms with Gasteiger partial charge in [-0.25, -0.2) is 24.0 Å². The van der Waals surface area contributed by atoms with Crippen LogP contribution in [0.25, 0.3) is 0 Å². The maximum atomic E-state index is 12.6. The van der Waals surface area contributed by atoms with Crippen molar-refractivity contribution in [1.29, 1.82) is 0 Å². The first-order valence-corrected chi connectivity index (χ1v) is 28.5. The molecule has 0 bridgehead atoms. The Labute approximate surface area is 460 Å². The Morgan fingerprint density at radius 1 is 0.346 bits per heavy atom. The third kappa shape index (κ3) is 25.0. The van der Waals surface area contributed by atoms with E-state index in [4.69, 9.17) is 42.6 Å². The van der Waals surface area contributed by atoms with Crippen molar-refractivity contribution in [2.45, 2.75) is 83.5 Å². The zero-order chi connectivity index (χ0) is 54.8. The molecule has 0 spiro atoms. The largest absolute Gasteiger partial charge is 0.449 e. The van der Waals surface area contributed by atoms with E-state index < -0.39 is 30.5 Å². The fourth-order valence-electron chi connectivity index (χ4n) is 10.8.